The maximum Gasteiger partial charge on any atom is 0.310 e. The number of para-hydroxylation sites is 1. The first-order valence-electron chi connectivity index (χ1n) is 8.04. The van der Waals surface area contributed by atoms with Gasteiger partial charge < -0.3 is 15.3 Å². The molecular formula is C17H20Cl2N2O4. The van der Waals surface area contributed by atoms with Crippen LogP contribution in [0.2, 0.25) is 10.0 Å². The summed E-state index contributed by atoms with van der Waals surface area (Å²) in [6.07, 6.45) is 1.70. The number of benzene rings is 1. The number of carboxylic acid groups (broad SMARTS) is 1. The molecule has 136 valence electrons. The number of anilines is 1. The Labute approximate surface area is 156 Å². The van der Waals surface area contributed by atoms with Gasteiger partial charge in [-0.15, -0.1) is 0 Å². The Balaban J connectivity index is 2.00. The Kier molecular flexibility index (Phi) is 6.30. The molecule has 0 aromatic heterocycles. The van der Waals surface area contributed by atoms with Gasteiger partial charge in [0.1, 0.15) is 0 Å². The largest absolute Gasteiger partial charge is 0.481 e. The van der Waals surface area contributed by atoms with Crippen molar-refractivity contribution < 1.29 is 19.5 Å². The van der Waals surface area contributed by atoms with E-state index in [2.05, 4.69) is 5.32 Å². The third-order valence-electron chi connectivity index (χ3n) is 4.55. The van der Waals surface area contributed by atoms with Crippen LogP contribution in [0.3, 0.4) is 0 Å². The molecule has 0 heterocycles. The summed E-state index contributed by atoms with van der Waals surface area (Å²) in [4.78, 5) is 37.4. The molecule has 25 heavy (non-hydrogen) atoms. The maximum absolute atomic E-state index is 12.4. The first-order chi connectivity index (χ1) is 11.8. The van der Waals surface area contributed by atoms with Gasteiger partial charge in [0.25, 0.3) is 0 Å². The van der Waals surface area contributed by atoms with Crippen LogP contribution in [-0.2, 0) is 14.4 Å². The molecule has 0 radical (unpaired) electrons. The van der Waals surface area contributed by atoms with E-state index >= 15 is 0 Å². The van der Waals surface area contributed by atoms with Crippen LogP contribution in [0.15, 0.2) is 18.2 Å². The molecule has 1 aromatic rings. The van der Waals surface area contributed by atoms with E-state index in [-0.39, 0.29) is 18.9 Å². The van der Waals surface area contributed by atoms with E-state index < -0.39 is 17.3 Å². The summed E-state index contributed by atoms with van der Waals surface area (Å²) in [5, 5.41) is 12.5. The molecule has 1 aliphatic carbocycles. The van der Waals surface area contributed by atoms with Crippen LogP contribution < -0.4 is 5.32 Å². The van der Waals surface area contributed by atoms with Crippen LogP contribution in [0.4, 0.5) is 5.69 Å². The molecule has 1 aliphatic rings. The number of carbonyl (C=O) groups excluding carboxylic acids is 2. The summed E-state index contributed by atoms with van der Waals surface area (Å²) in [7, 11) is 0. The third-order valence-corrected chi connectivity index (χ3v) is 5.18. The molecule has 2 amide bonds. The van der Waals surface area contributed by atoms with Crippen LogP contribution in [0.25, 0.3) is 0 Å². The number of amides is 2. The molecule has 2 rings (SSSR count). The monoisotopic (exact) mass is 386 g/mol. The van der Waals surface area contributed by atoms with Crippen molar-refractivity contribution in [3.05, 3.63) is 28.2 Å². The van der Waals surface area contributed by atoms with E-state index in [1.807, 2.05) is 0 Å². The lowest BCUT2D eigenvalue weighted by Gasteiger charge is -2.38. The zero-order valence-corrected chi connectivity index (χ0v) is 15.4. The number of carbonyl (C=O) groups is 3. The first kappa shape index (κ1) is 19.5. The Bertz CT molecular complexity index is 669. The van der Waals surface area contributed by atoms with Crippen molar-refractivity contribution in [3.8, 4) is 0 Å². The molecule has 1 fully saturated rings. The summed E-state index contributed by atoms with van der Waals surface area (Å²) in [5.74, 6) is -1.73. The number of nitrogens with one attached hydrogen (secondary N) is 1. The predicted octanol–water partition coefficient (Wildman–Crippen LogP) is 3.43. The highest BCUT2D eigenvalue weighted by Gasteiger charge is 2.46. The quantitative estimate of drug-likeness (QED) is 0.751. The predicted molar refractivity (Wildman–Crippen MR) is 95.9 cm³/mol. The van der Waals surface area contributed by atoms with Gasteiger partial charge in [-0.2, -0.15) is 0 Å². The second kappa shape index (κ2) is 8.06. The standard InChI is InChI=1S/C17H20Cl2N2O4/c1-2-21(14(23)9-17(16(24)25)7-4-8-17)10-13(22)20-15-11(18)5-3-6-12(15)19/h3,5-6H,2,4,7-10H2,1H3,(H,20,22)(H,24,25). The van der Waals surface area contributed by atoms with Gasteiger partial charge in [0.2, 0.25) is 11.8 Å². The Morgan fingerprint density at radius 2 is 1.84 bits per heavy atom. The van der Waals surface area contributed by atoms with E-state index in [9.17, 15) is 19.5 Å². The molecule has 0 atom stereocenters. The van der Waals surface area contributed by atoms with Gasteiger partial charge in [-0.1, -0.05) is 35.7 Å². The highest BCUT2D eigenvalue weighted by Crippen LogP contribution is 2.44. The van der Waals surface area contributed by atoms with Crippen molar-refractivity contribution >= 4 is 46.7 Å². The topological polar surface area (TPSA) is 86.7 Å². The van der Waals surface area contributed by atoms with Crippen molar-refractivity contribution in [2.75, 3.05) is 18.4 Å². The number of aliphatic carboxylic acids is 1. The van der Waals surface area contributed by atoms with E-state index in [1.165, 1.54) is 4.90 Å². The van der Waals surface area contributed by atoms with Crippen molar-refractivity contribution in [1.29, 1.82) is 0 Å². The molecule has 0 unspecified atom stereocenters. The summed E-state index contributed by atoms with van der Waals surface area (Å²) in [6, 6.07) is 4.85. The normalized spacial score (nSPS) is 15.2. The Hall–Kier alpha value is -1.79. The molecule has 0 bridgehead atoms. The number of hydrogen-bond acceptors (Lipinski definition) is 3. The number of rotatable bonds is 7. The van der Waals surface area contributed by atoms with Crippen LogP contribution >= 0.6 is 23.2 Å². The smallest absolute Gasteiger partial charge is 0.310 e. The van der Waals surface area contributed by atoms with Crippen molar-refractivity contribution in [2.45, 2.75) is 32.6 Å². The minimum atomic E-state index is -0.979. The van der Waals surface area contributed by atoms with Gasteiger partial charge in [0.15, 0.2) is 0 Å². The lowest BCUT2D eigenvalue weighted by atomic mass is 9.66. The molecule has 2 N–H and O–H groups in total. The lowest BCUT2D eigenvalue weighted by Crippen LogP contribution is -2.45. The van der Waals surface area contributed by atoms with Crippen LogP contribution in [0.5, 0.6) is 0 Å². The van der Waals surface area contributed by atoms with Crippen molar-refractivity contribution in [2.24, 2.45) is 5.41 Å². The fraction of sp³-hybridized carbons (Fsp3) is 0.471. The number of carboxylic acids is 1. The zero-order valence-electron chi connectivity index (χ0n) is 13.8. The van der Waals surface area contributed by atoms with Gasteiger partial charge in [-0.3, -0.25) is 14.4 Å². The fourth-order valence-corrected chi connectivity index (χ4v) is 3.31. The van der Waals surface area contributed by atoms with Gasteiger partial charge in [-0.05, 0) is 31.9 Å². The minimum absolute atomic E-state index is 0.0870. The molecule has 6 nitrogen and oxygen atoms in total. The van der Waals surface area contributed by atoms with Crippen LogP contribution in [-0.4, -0.2) is 40.9 Å². The number of likely N-dealkylation sites (N-methyl/N-ethyl adjacent to an activating group) is 1. The van der Waals surface area contributed by atoms with E-state index in [4.69, 9.17) is 23.2 Å². The average Bonchev–Trinajstić information content (AvgIpc) is 2.51. The summed E-state index contributed by atoms with van der Waals surface area (Å²) in [5.41, 5.74) is -0.687. The molecule has 0 spiro atoms. The zero-order chi connectivity index (χ0) is 18.6. The van der Waals surface area contributed by atoms with Crippen LogP contribution in [0.1, 0.15) is 32.6 Å². The van der Waals surface area contributed by atoms with Gasteiger partial charge in [0, 0.05) is 13.0 Å². The van der Waals surface area contributed by atoms with Crippen molar-refractivity contribution in [3.63, 3.8) is 0 Å². The highest BCUT2D eigenvalue weighted by molar-refractivity contribution is 6.39. The second-order valence-corrected chi connectivity index (χ2v) is 6.98. The molecule has 0 aliphatic heterocycles. The Morgan fingerprint density at radius 1 is 1.24 bits per heavy atom. The van der Waals surface area contributed by atoms with Gasteiger partial charge in [-0.25, -0.2) is 0 Å². The number of nitrogens with zero attached hydrogens (tertiary/aromatic N) is 1. The lowest BCUT2D eigenvalue weighted by molar-refractivity contribution is -0.159. The highest BCUT2D eigenvalue weighted by atomic mass is 35.5. The molecule has 8 heteroatoms. The van der Waals surface area contributed by atoms with Gasteiger partial charge >= 0.3 is 5.97 Å². The van der Waals surface area contributed by atoms with E-state index in [0.717, 1.165) is 6.42 Å². The second-order valence-electron chi connectivity index (χ2n) is 6.17. The summed E-state index contributed by atoms with van der Waals surface area (Å²) < 4.78 is 0. The van der Waals surface area contributed by atoms with E-state index in [1.54, 1.807) is 25.1 Å². The number of halogens is 2. The minimum Gasteiger partial charge on any atom is -0.481 e. The van der Waals surface area contributed by atoms with Crippen molar-refractivity contribution in [1.82, 2.24) is 4.90 Å². The third kappa shape index (κ3) is 4.44. The molecule has 1 saturated carbocycles. The average molecular weight is 387 g/mol. The molecule has 0 saturated heterocycles. The van der Waals surface area contributed by atoms with Crippen LogP contribution in [0, 0.1) is 5.41 Å². The summed E-state index contributed by atoms with van der Waals surface area (Å²) in [6.45, 7) is 1.85. The molecule has 1 aromatic carbocycles. The summed E-state index contributed by atoms with van der Waals surface area (Å²) >= 11 is 12.0. The fourth-order valence-electron chi connectivity index (χ4n) is 2.82. The number of hydrogen-bond donors (Lipinski definition) is 2. The SMILES string of the molecule is CCN(CC(=O)Nc1c(Cl)cccc1Cl)C(=O)CC1(C(=O)O)CCC1. The first-order valence-corrected chi connectivity index (χ1v) is 8.79. The Morgan fingerprint density at radius 3 is 2.28 bits per heavy atom. The molecular weight excluding hydrogens is 367 g/mol. The van der Waals surface area contributed by atoms with Gasteiger partial charge in [0.05, 0.1) is 27.7 Å². The maximum atomic E-state index is 12.4. The van der Waals surface area contributed by atoms with E-state index in [0.29, 0.717) is 35.1 Å².